The number of aliphatic hydroxyl groups is 2. The summed E-state index contributed by atoms with van der Waals surface area (Å²) in [5.41, 5.74) is 8.19. The number of carbonyl (C=O) groups is 2. The fourth-order valence-electron chi connectivity index (χ4n) is 6.64. The smallest absolute Gasteiger partial charge is 0.274 e. The molecule has 2 amide bonds. The molecule has 10 nitrogen and oxygen atoms in total. The van der Waals surface area contributed by atoms with Crippen molar-refractivity contribution in [3.63, 3.8) is 0 Å². The van der Waals surface area contributed by atoms with Crippen LogP contribution in [-0.4, -0.2) is 87.5 Å². The highest BCUT2D eigenvalue weighted by atomic mass is 16.3. The number of carbonyl (C=O) groups excluding carboxylic acids is 2. The third-order valence-electron chi connectivity index (χ3n) is 9.45. The number of rotatable bonds is 11. The summed E-state index contributed by atoms with van der Waals surface area (Å²) in [6.45, 7) is 21.0. The number of amides is 2. The van der Waals surface area contributed by atoms with E-state index in [4.69, 9.17) is 0 Å². The van der Waals surface area contributed by atoms with Crippen LogP contribution in [0.3, 0.4) is 0 Å². The Kier molecular flexibility index (Phi) is 10.4. The predicted octanol–water partition coefficient (Wildman–Crippen LogP) is 5.42. The van der Waals surface area contributed by atoms with Crippen LogP contribution in [0.15, 0.2) is 76.6 Å². The van der Waals surface area contributed by atoms with Crippen molar-refractivity contribution in [1.29, 1.82) is 0 Å². The average molecular weight is 665 g/mol. The van der Waals surface area contributed by atoms with Gasteiger partial charge in [-0.3, -0.25) is 29.4 Å². The fraction of sp³-hybridized carbons (Fsp3) is 0.385. The molecule has 0 bridgehead atoms. The molecule has 0 atom stereocenters. The molecule has 1 aromatic heterocycles. The van der Waals surface area contributed by atoms with Crippen molar-refractivity contribution >= 4 is 29.9 Å². The van der Waals surface area contributed by atoms with Gasteiger partial charge in [-0.2, -0.15) is 0 Å². The van der Waals surface area contributed by atoms with Crippen LogP contribution in [0, 0.1) is 20.8 Å². The Labute approximate surface area is 289 Å². The van der Waals surface area contributed by atoms with Crippen molar-refractivity contribution in [2.75, 3.05) is 43.4 Å². The Morgan fingerprint density at radius 2 is 1.47 bits per heavy atom. The van der Waals surface area contributed by atoms with Gasteiger partial charge in [0.15, 0.2) is 0 Å². The van der Waals surface area contributed by atoms with Crippen LogP contribution < -0.4 is 10.6 Å². The van der Waals surface area contributed by atoms with E-state index >= 15 is 0 Å². The highest BCUT2D eigenvalue weighted by molar-refractivity contribution is 6.06. The first kappa shape index (κ1) is 35.8. The second kappa shape index (κ2) is 14.2. The number of benzene rings is 2. The minimum Gasteiger partial charge on any atom is -0.388 e. The fourth-order valence-corrected chi connectivity index (χ4v) is 6.64. The van der Waals surface area contributed by atoms with Crippen LogP contribution in [0.4, 0.5) is 11.4 Å². The highest BCUT2D eigenvalue weighted by Gasteiger charge is 2.37. The third-order valence-corrected chi connectivity index (χ3v) is 9.45. The first-order valence-corrected chi connectivity index (χ1v) is 16.6. The summed E-state index contributed by atoms with van der Waals surface area (Å²) in [4.78, 5) is 39.4. The van der Waals surface area contributed by atoms with Gasteiger partial charge in [-0.05, 0) is 118 Å². The van der Waals surface area contributed by atoms with E-state index in [1.54, 1.807) is 18.3 Å². The summed E-state index contributed by atoms with van der Waals surface area (Å²) < 4.78 is 0. The maximum Gasteiger partial charge on any atom is 0.274 e. The van der Waals surface area contributed by atoms with Gasteiger partial charge in [-0.15, -0.1) is 0 Å². The normalized spacial score (nSPS) is 17.8. The summed E-state index contributed by atoms with van der Waals surface area (Å²) in [5, 5.41) is 26.1. The molecular weight excluding hydrogens is 616 g/mol. The predicted molar refractivity (Wildman–Crippen MR) is 196 cm³/mol. The van der Waals surface area contributed by atoms with Crippen LogP contribution in [0.2, 0.25) is 0 Å². The van der Waals surface area contributed by atoms with Gasteiger partial charge >= 0.3 is 0 Å². The number of nitrogens with zero attached hydrogens (tertiary/aromatic N) is 4. The maximum absolute atomic E-state index is 13.4. The molecule has 4 N–H and O–H groups in total. The van der Waals surface area contributed by atoms with E-state index in [2.05, 4.69) is 37.1 Å². The molecule has 2 saturated heterocycles. The number of pyridine rings is 1. The standard InChI is InChI=1S/C39H48N6O4/c1-24(26(3)18-44-20-38(6,48)21-44)15-34(40-8)36(46)42-32-13-9-11-30(27(32)4)31-12-10-14-33(28(31)5)43-37(47)35-16-25(2)29(17-41-35)19-45-22-39(7,49)23-45/h9-17,48-49H,8,18-23H2,1-7H3,(H,42,46)(H,43,47)/b26-24+,34-15-. The zero-order chi connectivity index (χ0) is 35.7. The van der Waals surface area contributed by atoms with Gasteiger partial charge in [0.25, 0.3) is 11.8 Å². The molecule has 3 aromatic rings. The zero-order valence-corrected chi connectivity index (χ0v) is 29.6. The van der Waals surface area contributed by atoms with Crippen LogP contribution in [0.5, 0.6) is 0 Å². The maximum atomic E-state index is 13.4. The summed E-state index contributed by atoms with van der Waals surface area (Å²) in [7, 11) is 0. The van der Waals surface area contributed by atoms with E-state index in [0.29, 0.717) is 56.3 Å². The minimum atomic E-state index is -0.638. The number of nitrogens with one attached hydrogen (secondary N) is 2. The Morgan fingerprint density at radius 3 is 2.00 bits per heavy atom. The lowest BCUT2D eigenvalue weighted by Crippen LogP contribution is -2.59. The number of anilines is 2. The number of hydrogen-bond donors (Lipinski definition) is 4. The van der Waals surface area contributed by atoms with Crippen LogP contribution >= 0.6 is 0 Å². The third kappa shape index (κ3) is 8.40. The largest absolute Gasteiger partial charge is 0.388 e. The van der Waals surface area contributed by atoms with Crippen molar-refractivity contribution in [3.05, 3.63) is 99.5 Å². The molecule has 258 valence electrons. The summed E-state index contributed by atoms with van der Waals surface area (Å²) in [6, 6.07) is 13.3. The SMILES string of the molecule is C=N/C(=C\C(C)=C(/C)CN1CC(C)(O)C1)C(=O)Nc1cccc(-c2cccc(NC(=O)c3cc(C)c(CN4CC(C)(O)C4)cn3)c2C)c1C. The minimum absolute atomic E-state index is 0.212. The monoisotopic (exact) mass is 664 g/mol. The van der Waals surface area contributed by atoms with Crippen LogP contribution in [0.25, 0.3) is 11.1 Å². The van der Waals surface area contributed by atoms with Gasteiger partial charge in [-0.25, -0.2) is 0 Å². The molecule has 2 fully saturated rings. The summed E-state index contributed by atoms with van der Waals surface area (Å²) in [5.74, 6) is -0.662. The summed E-state index contributed by atoms with van der Waals surface area (Å²) in [6.07, 6.45) is 3.48. The van der Waals surface area contributed by atoms with E-state index in [-0.39, 0.29) is 17.5 Å². The molecule has 2 aliphatic heterocycles. The molecule has 10 heteroatoms. The second-order valence-corrected chi connectivity index (χ2v) is 14.3. The van der Waals surface area contributed by atoms with E-state index in [0.717, 1.165) is 44.5 Å². The lowest BCUT2D eigenvalue weighted by Gasteiger charge is -2.44. The van der Waals surface area contributed by atoms with Crippen molar-refractivity contribution in [2.24, 2.45) is 4.99 Å². The Balaban J connectivity index is 1.29. The van der Waals surface area contributed by atoms with E-state index < -0.39 is 11.2 Å². The molecule has 2 aromatic carbocycles. The van der Waals surface area contributed by atoms with Gasteiger partial charge in [0, 0.05) is 56.8 Å². The number of likely N-dealkylation sites (tertiary alicyclic amines) is 2. The van der Waals surface area contributed by atoms with Crippen molar-refractivity contribution in [2.45, 2.75) is 66.2 Å². The van der Waals surface area contributed by atoms with Gasteiger partial charge in [0.05, 0.1) is 11.2 Å². The number of β-amino-alcohol motifs (C(OH)–C–C–N with tert-alkyl or cyclic N) is 2. The molecule has 0 saturated carbocycles. The Hall–Kier alpha value is -4.48. The number of hydrogen-bond acceptors (Lipinski definition) is 8. The van der Waals surface area contributed by atoms with E-state index in [9.17, 15) is 19.8 Å². The van der Waals surface area contributed by atoms with Gasteiger partial charge in [0.2, 0.25) is 0 Å². The highest BCUT2D eigenvalue weighted by Crippen LogP contribution is 2.34. The first-order chi connectivity index (χ1) is 23.1. The summed E-state index contributed by atoms with van der Waals surface area (Å²) >= 11 is 0. The number of allylic oxidation sites excluding steroid dienone is 2. The lowest BCUT2D eigenvalue weighted by atomic mass is 9.94. The molecule has 2 aliphatic rings. The van der Waals surface area contributed by atoms with Crippen molar-refractivity contribution < 1.29 is 19.8 Å². The second-order valence-electron chi connectivity index (χ2n) is 14.3. The molecule has 0 spiro atoms. The zero-order valence-electron chi connectivity index (χ0n) is 29.6. The Morgan fingerprint density at radius 1 is 0.918 bits per heavy atom. The van der Waals surface area contributed by atoms with Crippen LogP contribution in [-0.2, 0) is 11.3 Å². The van der Waals surface area contributed by atoms with Crippen LogP contribution in [0.1, 0.15) is 60.4 Å². The molecule has 3 heterocycles. The topological polar surface area (TPSA) is 130 Å². The molecule has 0 unspecified atom stereocenters. The van der Waals surface area contributed by atoms with Crippen molar-refractivity contribution in [3.8, 4) is 11.1 Å². The molecular formula is C39H48N6O4. The van der Waals surface area contributed by atoms with Crippen molar-refractivity contribution in [1.82, 2.24) is 14.8 Å². The first-order valence-electron chi connectivity index (χ1n) is 16.6. The molecule has 5 rings (SSSR count). The van der Waals surface area contributed by atoms with E-state index in [1.165, 1.54) is 0 Å². The van der Waals surface area contributed by atoms with E-state index in [1.807, 2.05) is 84.9 Å². The number of aromatic nitrogens is 1. The quantitative estimate of drug-likeness (QED) is 0.122. The molecule has 0 aliphatic carbocycles. The van der Waals surface area contributed by atoms with Gasteiger partial charge in [-0.1, -0.05) is 29.8 Å². The lowest BCUT2D eigenvalue weighted by molar-refractivity contribution is -0.112. The molecule has 0 radical (unpaired) electrons. The average Bonchev–Trinajstić information content (AvgIpc) is 3.01. The molecule has 49 heavy (non-hydrogen) atoms. The van der Waals surface area contributed by atoms with Gasteiger partial charge < -0.3 is 20.8 Å². The number of aliphatic imine (C=N–C) groups is 1. The number of aryl methyl sites for hydroxylation is 1. The van der Waals surface area contributed by atoms with Gasteiger partial charge in [0.1, 0.15) is 11.4 Å². The Bertz CT molecular complexity index is 1840.